The number of hydrogen-bond acceptors (Lipinski definition) is 4. The highest BCUT2D eigenvalue weighted by Crippen LogP contribution is 2.14. The highest BCUT2D eigenvalue weighted by Gasteiger charge is 2.21. The Labute approximate surface area is 133 Å². The smallest absolute Gasteiger partial charge is 0.223 e. The Morgan fingerprint density at radius 2 is 2.04 bits per heavy atom. The van der Waals surface area contributed by atoms with Gasteiger partial charge in [0, 0.05) is 30.6 Å². The average Bonchev–Trinajstić information content (AvgIpc) is 3.07. The SMILES string of the molecule is O=C(CCc1ccc2ccccc2n1)N1CCn2cnnc2C1. The van der Waals surface area contributed by atoms with E-state index in [9.17, 15) is 4.79 Å². The first-order valence-corrected chi connectivity index (χ1v) is 7.79. The third-order valence-corrected chi connectivity index (χ3v) is 4.24. The van der Waals surface area contributed by atoms with Gasteiger partial charge in [0.25, 0.3) is 0 Å². The number of carbonyl (C=O) groups excluding carboxylic acids is 1. The first-order valence-electron chi connectivity index (χ1n) is 7.79. The maximum absolute atomic E-state index is 12.4. The van der Waals surface area contributed by atoms with Crippen molar-refractivity contribution in [2.45, 2.75) is 25.9 Å². The van der Waals surface area contributed by atoms with E-state index in [0.29, 0.717) is 19.4 Å². The van der Waals surface area contributed by atoms with Gasteiger partial charge in [0.2, 0.25) is 5.91 Å². The van der Waals surface area contributed by atoms with Crippen molar-refractivity contribution in [3.8, 4) is 0 Å². The van der Waals surface area contributed by atoms with E-state index < -0.39 is 0 Å². The van der Waals surface area contributed by atoms with Crippen molar-refractivity contribution in [3.05, 3.63) is 54.2 Å². The standard InChI is InChI=1S/C17H17N5O/c23-17(21-9-10-22-12-18-20-16(22)11-21)8-7-14-6-5-13-3-1-2-4-15(13)19-14/h1-6,12H,7-11H2. The van der Waals surface area contributed by atoms with E-state index in [2.05, 4.69) is 21.2 Å². The molecule has 1 aromatic carbocycles. The lowest BCUT2D eigenvalue weighted by atomic mass is 10.1. The van der Waals surface area contributed by atoms with Gasteiger partial charge in [-0.05, 0) is 18.6 Å². The number of aryl methyl sites for hydroxylation is 1. The minimum atomic E-state index is 0.147. The number of rotatable bonds is 3. The largest absolute Gasteiger partial charge is 0.333 e. The number of hydrogen-bond donors (Lipinski definition) is 0. The van der Waals surface area contributed by atoms with Crippen LogP contribution in [-0.4, -0.2) is 37.1 Å². The van der Waals surface area contributed by atoms with Gasteiger partial charge in [0.1, 0.15) is 6.33 Å². The van der Waals surface area contributed by atoms with Crippen molar-refractivity contribution in [2.75, 3.05) is 6.54 Å². The van der Waals surface area contributed by atoms with Gasteiger partial charge in [-0.25, -0.2) is 0 Å². The Bertz CT molecular complexity index is 857. The summed E-state index contributed by atoms with van der Waals surface area (Å²) in [7, 11) is 0. The summed E-state index contributed by atoms with van der Waals surface area (Å²) in [5.41, 5.74) is 1.93. The van der Waals surface area contributed by atoms with E-state index in [4.69, 9.17) is 0 Å². The quantitative estimate of drug-likeness (QED) is 0.740. The molecular weight excluding hydrogens is 290 g/mol. The first-order chi connectivity index (χ1) is 11.3. The van der Waals surface area contributed by atoms with Gasteiger partial charge in [-0.1, -0.05) is 24.3 Å². The minimum Gasteiger partial charge on any atom is -0.333 e. The van der Waals surface area contributed by atoms with Crippen LogP contribution in [0, 0.1) is 0 Å². The van der Waals surface area contributed by atoms with Gasteiger partial charge >= 0.3 is 0 Å². The topological polar surface area (TPSA) is 63.9 Å². The molecule has 0 spiro atoms. The molecule has 0 unspecified atom stereocenters. The van der Waals surface area contributed by atoms with Crippen molar-refractivity contribution < 1.29 is 4.79 Å². The van der Waals surface area contributed by atoms with Crippen LogP contribution < -0.4 is 0 Å². The monoisotopic (exact) mass is 307 g/mol. The lowest BCUT2D eigenvalue weighted by Gasteiger charge is -2.27. The average molecular weight is 307 g/mol. The van der Waals surface area contributed by atoms with Crippen LogP contribution >= 0.6 is 0 Å². The molecule has 3 aromatic rings. The molecule has 0 N–H and O–H groups in total. The summed E-state index contributed by atoms with van der Waals surface area (Å²) in [6.07, 6.45) is 2.85. The fourth-order valence-corrected chi connectivity index (χ4v) is 2.92. The molecule has 0 saturated heterocycles. The molecule has 0 atom stereocenters. The van der Waals surface area contributed by atoms with Crippen molar-refractivity contribution in [3.63, 3.8) is 0 Å². The van der Waals surface area contributed by atoms with Crippen molar-refractivity contribution in [1.29, 1.82) is 0 Å². The Hall–Kier alpha value is -2.76. The highest BCUT2D eigenvalue weighted by atomic mass is 16.2. The van der Waals surface area contributed by atoms with Crippen molar-refractivity contribution in [1.82, 2.24) is 24.6 Å². The zero-order valence-corrected chi connectivity index (χ0v) is 12.7. The summed E-state index contributed by atoms with van der Waals surface area (Å²) < 4.78 is 1.99. The van der Waals surface area contributed by atoms with Crippen molar-refractivity contribution >= 4 is 16.8 Å². The molecule has 1 amide bonds. The Kier molecular flexibility index (Phi) is 3.49. The zero-order chi connectivity index (χ0) is 15.6. The second kappa shape index (κ2) is 5.79. The normalized spacial score (nSPS) is 14.0. The predicted molar refractivity (Wildman–Crippen MR) is 85.5 cm³/mol. The van der Waals surface area contributed by atoms with Gasteiger partial charge < -0.3 is 9.47 Å². The zero-order valence-electron chi connectivity index (χ0n) is 12.7. The number of aromatic nitrogens is 4. The number of pyridine rings is 1. The molecule has 1 aliphatic heterocycles. The molecule has 1 aliphatic rings. The van der Waals surface area contributed by atoms with Crippen molar-refractivity contribution in [2.24, 2.45) is 0 Å². The van der Waals surface area contributed by atoms with Gasteiger partial charge in [0.05, 0.1) is 12.1 Å². The molecule has 0 radical (unpaired) electrons. The van der Waals surface area contributed by atoms with Gasteiger partial charge in [-0.15, -0.1) is 10.2 Å². The summed E-state index contributed by atoms with van der Waals surface area (Å²) >= 11 is 0. The molecule has 0 fully saturated rings. The van der Waals surface area contributed by atoms with E-state index in [1.807, 2.05) is 39.8 Å². The number of benzene rings is 1. The third-order valence-electron chi connectivity index (χ3n) is 4.24. The lowest BCUT2D eigenvalue weighted by molar-refractivity contribution is -0.132. The van der Waals surface area contributed by atoms with E-state index in [1.165, 1.54) is 0 Å². The van der Waals surface area contributed by atoms with E-state index in [1.54, 1.807) is 6.33 Å². The van der Waals surface area contributed by atoms with Crippen LogP contribution in [0.5, 0.6) is 0 Å². The molecule has 3 heterocycles. The van der Waals surface area contributed by atoms with Crippen LogP contribution in [0.4, 0.5) is 0 Å². The van der Waals surface area contributed by atoms with E-state index in [-0.39, 0.29) is 5.91 Å². The Morgan fingerprint density at radius 3 is 3.00 bits per heavy atom. The van der Waals surface area contributed by atoms with E-state index >= 15 is 0 Å². The van der Waals surface area contributed by atoms with Gasteiger partial charge in [-0.2, -0.15) is 0 Å². The molecule has 116 valence electrons. The molecule has 4 rings (SSSR count). The van der Waals surface area contributed by atoms with Crippen LogP contribution in [0.25, 0.3) is 10.9 Å². The number of nitrogens with zero attached hydrogens (tertiary/aromatic N) is 5. The number of para-hydroxylation sites is 1. The molecular formula is C17H17N5O. The van der Waals surface area contributed by atoms with E-state index in [0.717, 1.165) is 35.5 Å². The second-order valence-electron chi connectivity index (χ2n) is 5.75. The summed E-state index contributed by atoms with van der Waals surface area (Å²) in [6.45, 7) is 2.03. The Balaban J connectivity index is 1.41. The maximum Gasteiger partial charge on any atom is 0.223 e. The fourth-order valence-electron chi connectivity index (χ4n) is 2.92. The van der Waals surface area contributed by atoms with Gasteiger partial charge in [0.15, 0.2) is 5.82 Å². The highest BCUT2D eigenvalue weighted by molar-refractivity contribution is 5.79. The first kappa shape index (κ1) is 13.9. The second-order valence-corrected chi connectivity index (χ2v) is 5.75. The fraction of sp³-hybridized carbons (Fsp3) is 0.294. The predicted octanol–water partition coefficient (Wildman–Crippen LogP) is 1.80. The molecule has 6 nitrogen and oxygen atoms in total. The summed E-state index contributed by atoms with van der Waals surface area (Å²) in [5, 5.41) is 9.06. The minimum absolute atomic E-state index is 0.147. The van der Waals surface area contributed by atoms with Crippen LogP contribution in [0.15, 0.2) is 42.7 Å². The summed E-state index contributed by atoms with van der Waals surface area (Å²) in [6, 6.07) is 12.1. The summed E-state index contributed by atoms with van der Waals surface area (Å²) in [5.74, 6) is 1.00. The lowest BCUT2D eigenvalue weighted by Crippen LogP contribution is -2.38. The number of fused-ring (bicyclic) bond motifs is 2. The van der Waals surface area contributed by atoms with Gasteiger partial charge in [-0.3, -0.25) is 9.78 Å². The Morgan fingerprint density at radius 1 is 1.13 bits per heavy atom. The van der Waals surface area contributed by atoms with Crippen LogP contribution in [0.3, 0.4) is 0 Å². The molecule has 0 saturated carbocycles. The van der Waals surface area contributed by atoms with Crippen LogP contribution in [-0.2, 0) is 24.3 Å². The summed E-state index contributed by atoms with van der Waals surface area (Å²) in [4.78, 5) is 18.9. The number of carbonyl (C=O) groups is 1. The molecule has 0 bridgehead atoms. The molecule has 23 heavy (non-hydrogen) atoms. The molecule has 6 heteroatoms. The van der Waals surface area contributed by atoms with Crippen LogP contribution in [0.1, 0.15) is 17.9 Å². The molecule has 0 aliphatic carbocycles. The van der Waals surface area contributed by atoms with Crippen LogP contribution in [0.2, 0.25) is 0 Å². The third kappa shape index (κ3) is 2.79. The number of amides is 1. The molecule has 2 aromatic heterocycles. The maximum atomic E-state index is 12.4.